The second kappa shape index (κ2) is 6.37. The van der Waals surface area contributed by atoms with Crippen LogP contribution >= 0.6 is 0 Å². The van der Waals surface area contributed by atoms with Gasteiger partial charge in [-0.3, -0.25) is 4.79 Å². The summed E-state index contributed by atoms with van der Waals surface area (Å²) in [7, 11) is 1.74. The molecule has 0 radical (unpaired) electrons. The Hall–Kier alpha value is -1.10. The maximum Gasteiger partial charge on any atom is 0.326 e. The number of carbonyl (C=O) groups excluding carboxylic acids is 1. The van der Waals surface area contributed by atoms with E-state index in [4.69, 9.17) is 5.11 Å². The molecule has 0 spiro atoms. The summed E-state index contributed by atoms with van der Waals surface area (Å²) >= 11 is 0. The Bertz CT molecular complexity index is 204. The van der Waals surface area contributed by atoms with Crippen molar-refractivity contribution in [2.75, 3.05) is 13.6 Å². The smallest absolute Gasteiger partial charge is 0.326 e. The highest BCUT2D eigenvalue weighted by Crippen LogP contribution is 2.01. The Morgan fingerprint density at radius 3 is 2.29 bits per heavy atom. The van der Waals surface area contributed by atoms with Crippen LogP contribution in [0.1, 0.15) is 20.3 Å². The molecule has 0 aromatic carbocycles. The molecule has 5 nitrogen and oxygen atoms in total. The molecule has 0 saturated carbocycles. The van der Waals surface area contributed by atoms with Gasteiger partial charge in [0.2, 0.25) is 5.91 Å². The fourth-order valence-electron chi connectivity index (χ4n) is 0.998. The number of nitrogens with one attached hydrogen (secondary N) is 2. The quantitative estimate of drug-likeness (QED) is 0.558. The zero-order valence-corrected chi connectivity index (χ0v) is 8.83. The van der Waals surface area contributed by atoms with E-state index in [-0.39, 0.29) is 11.8 Å². The minimum Gasteiger partial charge on any atom is -0.480 e. The van der Waals surface area contributed by atoms with Gasteiger partial charge in [0, 0.05) is 13.0 Å². The molecule has 5 heteroatoms. The SMILES string of the molecule is CNCCC(=O)N[C@H](C(=O)O)C(C)C. The minimum atomic E-state index is -0.988. The van der Waals surface area contributed by atoms with Crippen LogP contribution in [0.5, 0.6) is 0 Å². The summed E-state index contributed by atoms with van der Waals surface area (Å²) in [5.41, 5.74) is 0. The highest BCUT2D eigenvalue weighted by atomic mass is 16.4. The summed E-state index contributed by atoms with van der Waals surface area (Å²) in [6.45, 7) is 4.07. The van der Waals surface area contributed by atoms with Gasteiger partial charge in [-0.25, -0.2) is 4.79 Å². The molecule has 0 fully saturated rings. The normalized spacial score (nSPS) is 12.6. The summed E-state index contributed by atoms with van der Waals surface area (Å²) in [5.74, 6) is -1.33. The molecule has 3 N–H and O–H groups in total. The summed E-state index contributed by atoms with van der Waals surface area (Å²) in [6, 6.07) is -0.792. The van der Waals surface area contributed by atoms with Crippen LogP contribution < -0.4 is 10.6 Å². The van der Waals surface area contributed by atoms with E-state index in [0.717, 1.165) is 0 Å². The van der Waals surface area contributed by atoms with Crippen molar-refractivity contribution in [3.05, 3.63) is 0 Å². The maximum atomic E-state index is 11.2. The van der Waals surface area contributed by atoms with Gasteiger partial charge in [-0.05, 0) is 13.0 Å². The lowest BCUT2D eigenvalue weighted by atomic mass is 10.0. The van der Waals surface area contributed by atoms with Crippen molar-refractivity contribution in [2.24, 2.45) is 5.92 Å². The molecule has 0 unspecified atom stereocenters. The van der Waals surface area contributed by atoms with Crippen LogP contribution in [0.25, 0.3) is 0 Å². The third-order valence-corrected chi connectivity index (χ3v) is 1.85. The summed E-state index contributed by atoms with van der Waals surface area (Å²) in [4.78, 5) is 21.9. The second-order valence-corrected chi connectivity index (χ2v) is 3.48. The number of carboxylic acids is 1. The number of hydrogen-bond donors (Lipinski definition) is 3. The molecule has 0 saturated heterocycles. The first-order chi connectivity index (χ1) is 6.49. The largest absolute Gasteiger partial charge is 0.480 e. The topological polar surface area (TPSA) is 78.4 Å². The molecule has 14 heavy (non-hydrogen) atoms. The number of rotatable bonds is 6. The summed E-state index contributed by atoms with van der Waals surface area (Å²) in [6.07, 6.45) is 0.299. The predicted octanol–water partition coefficient (Wildman–Crippen LogP) is -0.179. The van der Waals surface area contributed by atoms with Crippen molar-refractivity contribution in [3.8, 4) is 0 Å². The van der Waals surface area contributed by atoms with Crippen LogP contribution in [0.4, 0.5) is 0 Å². The van der Waals surface area contributed by atoms with Gasteiger partial charge in [0.15, 0.2) is 0 Å². The van der Waals surface area contributed by atoms with Gasteiger partial charge in [0.1, 0.15) is 6.04 Å². The standard InChI is InChI=1S/C9H18N2O3/c1-6(2)8(9(13)14)11-7(12)4-5-10-3/h6,8,10H,4-5H2,1-3H3,(H,11,12)(H,13,14)/t8-/m0/s1. The van der Waals surface area contributed by atoms with E-state index < -0.39 is 12.0 Å². The fraction of sp³-hybridized carbons (Fsp3) is 0.778. The van der Waals surface area contributed by atoms with Crippen molar-refractivity contribution in [1.82, 2.24) is 10.6 Å². The second-order valence-electron chi connectivity index (χ2n) is 3.48. The van der Waals surface area contributed by atoms with Crippen molar-refractivity contribution >= 4 is 11.9 Å². The molecule has 0 rings (SSSR count). The van der Waals surface area contributed by atoms with E-state index in [9.17, 15) is 9.59 Å². The highest BCUT2D eigenvalue weighted by molar-refractivity contribution is 5.83. The van der Waals surface area contributed by atoms with Gasteiger partial charge in [0.25, 0.3) is 0 Å². The average Bonchev–Trinajstić information content (AvgIpc) is 2.09. The van der Waals surface area contributed by atoms with Crippen LogP contribution in [-0.2, 0) is 9.59 Å². The Labute approximate surface area is 83.9 Å². The maximum absolute atomic E-state index is 11.2. The third-order valence-electron chi connectivity index (χ3n) is 1.85. The van der Waals surface area contributed by atoms with Gasteiger partial charge in [0.05, 0.1) is 0 Å². The molecule has 0 bridgehead atoms. The molecule has 82 valence electrons. The first-order valence-corrected chi connectivity index (χ1v) is 4.65. The van der Waals surface area contributed by atoms with Crippen LogP contribution in [0.15, 0.2) is 0 Å². The van der Waals surface area contributed by atoms with E-state index in [1.165, 1.54) is 0 Å². The van der Waals surface area contributed by atoms with E-state index in [1.807, 2.05) is 0 Å². The third kappa shape index (κ3) is 4.81. The van der Waals surface area contributed by atoms with Crippen molar-refractivity contribution < 1.29 is 14.7 Å². The monoisotopic (exact) mass is 202 g/mol. The first-order valence-electron chi connectivity index (χ1n) is 4.65. The number of carboxylic acid groups (broad SMARTS) is 1. The van der Waals surface area contributed by atoms with Gasteiger partial charge >= 0.3 is 5.97 Å². The molecule has 0 aromatic rings. The molecule has 0 aliphatic heterocycles. The van der Waals surface area contributed by atoms with E-state index >= 15 is 0 Å². The molecular formula is C9H18N2O3. The lowest BCUT2D eigenvalue weighted by Gasteiger charge is -2.17. The highest BCUT2D eigenvalue weighted by Gasteiger charge is 2.22. The zero-order chi connectivity index (χ0) is 11.1. The number of aliphatic carboxylic acids is 1. The van der Waals surface area contributed by atoms with Gasteiger partial charge in [-0.15, -0.1) is 0 Å². The van der Waals surface area contributed by atoms with Gasteiger partial charge < -0.3 is 15.7 Å². The number of hydrogen-bond acceptors (Lipinski definition) is 3. The molecule has 0 aliphatic rings. The minimum absolute atomic E-state index is 0.106. The Morgan fingerprint density at radius 2 is 1.93 bits per heavy atom. The zero-order valence-electron chi connectivity index (χ0n) is 8.83. The Balaban J connectivity index is 4.04. The molecule has 0 heterocycles. The van der Waals surface area contributed by atoms with Crippen molar-refractivity contribution in [1.29, 1.82) is 0 Å². The Kier molecular flexibility index (Phi) is 5.87. The summed E-state index contributed by atoms with van der Waals surface area (Å²) in [5, 5.41) is 14.1. The van der Waals surface area contributed by atoms with Crippen LogP contribution in [-0.4, -0.2) is 36.6 Å². The van der Waals surface area contributed by atoms with Gasteiger partial charge in [-0.2, -0.15) is 0 Å². The molecule has 1 amide bonds. The number of amides is 1. The lowest BCUT2D eigenvalue weighted by Crippen LogP contribution is -2.44. The van der Waals surface area contributed by atoms with E-state index in [0.29, 0.717) is 13.0 Å². The fourth-order valence-corrected chi connectivity index (χ4v) is 0.998. The molecular weight excluding hydrogens is 184 g/mol. The molecule has 0 aliphatic carbocycles. The lowest BCUT2D eigenvalue weighted by molar-refractivity contribution is -0.143. The average molecular weight is 202 g/mol. The Morgan fingerprint density at radius 1 is 1.36 bits per heavy atom. The molecule has 1 atom stereocenters. The predicted molar refractivity (Wildman–Crippen MR) is 52.9 cm³/mol. The van der Waals surface area contributed by atoms with Crippen LogP contribution in [0.2, 0.25) is 0 Å². The van der Waals surface area contributed by atoms with Gasteiger partial charge in [-0.1, -0.05) is 13.8 Å². The van der Waals surface area contributed by atoms with Crippen LogP contribution in [0, 0.1) is 5.92 Å². The van der Waals surface area contributed by atoms with E-state index in [2.05, 4.69) is 10.6 Å². The van der Waals surface area contributed by atoms with Crippen molar-refractivity contribution in [3.63, 3.8) is 0 Å². The summed E-state index contributed by atoms with van der Waals surface area (Å²) < 4.78 is 0. The van der Waals surface area contributed by atoms with Crippen molar-refractivity contribution in [2.45, 2.75) is 26.3 Å². The molecule has 0 aromatic heterocycles. The van der Waals surface area contributed by atoms with E-state index in [1.54, 1.807) is 20.9 Å². The number of carbonyl (C=O) groups is 2. The first kappa shape index (κ1) is 12.9. The van der Waals surface area contributed by atoms with Crippen LogP contribution in [0.3, 0.4) is 0 Å².